The Morgan fingerprint density at radius 3 is 2.74 bits per heavy atom. The van der Waals surface area contributed by atoms with Gasteiger partial charge in [-0.3, -0.25) is 24.4 Å². The third-order valence-corrected chi connectivity index (χ3v) is 9.57. The number of benzene rings is 1. The molecule has 7 nitrogen and oxygen atoms in total. The smallest absolute Gasteiger partial charge is 0.254 e. The van der Waals surface area contributed by atoms with Crippen LogP contribution in [0.2, 0.25) is 5.02 Å². The van der Waals surface area contributed by atoms with E-state index in [9.17, 15) is 9.59 Å². The Kier molecular flexibility index (Phi) is 5.12. The van der Waals surface area contributed by atoms with E-state index in [0.717, 1.165) is 16.8 Å². The van der Waals surface area contributed by atoms with E-state index in [-0.39, 0.29) is 24.3 Å². The number of pyridine rings is 1. The average Bonchev–Trinajstić information content (AvgIpc) is 3.57. The zero-order chi connectivity index (χ0) is 24.5. The minimum atomic E-state index is -1.30. The third-order valence-electron chi connectivity index (χ3n) is 7.39. The minimum Gasteiger partial charge on any atom is -0.467 e. The van der Waals surface area contributed by atoms with Crippen LogP contribution in [0.4, 0.5) is 5.69 Å². The van der Waals surface area contributed by atoms with Gasteiger partial charge in [-0.2, -0.15) is 0 Å². The molecule has 5 heterocycles. The number of hydrogen-bond donors (Lipinski definition) is 0. The number of rotatable bonds is 3. The summed E-state index contributed by atoms with van der Waals surface area (Å²) in [7, 11) is 3.64. The third kappa shape index (κ3) is 2.83. The molecular formula is C25H21ClN4O3S2. The molecule has 6 rings (SSSR count). The number of likely N-dealkylation sites (tertiary alicyclic amines) is 1. The second-order valence-corrected chi connectivity index (χ2v) is 11.3. The summed E-state index contributed by atoms with van der Waals surface area (Å²) in [6, 6.07) is 12.8. The number of carbonyl (C=O) groups is 2. The summed E-state index contributed by atoms with van der Waals surface area (Å²) in [5, 5.41) is 0.505. The molecule has 2 fully saturated rings. The van der Waals surface area contributed by atoms with Crippen LogP contribution in [0.15, 0.2) is 65.5 Å². The molecule has 2 aromatic heterocycles. The molecule has 0 aliphatic carbocycles. The van der Waals surface area contributed by atoms with Crippen molar-refractivity contribution in [3.8, 4) is 0 Å². The van der Waals surface area contributed by atoms with E-state index in [1.807, 2.05) is 42.3 Å². The van der Waals surface area contributed by atoms with E-state index >= 15 is 0 Å². The first-order valence-electron chi connectivity index (χ1n) is 11.1. The zero-order valence-electron chi connectivity index (χ0n) is 19.0. The van der Waals surface area contributed by atoms with Crippen LogP contribution >= 0.6 is 35.6 Å². The number of likely N-dealkylation sites (N-methyl/N-ethyl adjacent to an activating group) is 2. The van der Waals surface area contributed by atoms with Crippen molar-refractivity contribution in [1.29, 1.82) is 0 Å². The lowest BCUT2D eigenvalue weighted by atomic mass is 9.72. The lowest BCUT2D eigenvalue weighted by molar-refractivity contribution is -0.139. The van der Waals surface area contributed by atoms with Gasteiger partial charge < -0.3 is 9.32 Å². The molecule has 2 amide bonds. The van der Waals surface area contributed by atoms with E-state index in [1.165, 1.54) is 11.8 Å². The van der Waals surface area contributed by atoms with Crippen LogP contribution in [-0.2, 0) is 21.7 Å². The summed E-state index contributed by atoms with van der Waals surface area (Å²) in [5.41, 5.74) is 1.04. The highest BCUT2D eigenvalue weighted by molar-refractivity contribution is 8.25. The number of nitrogens with zero attached hydrogens (tertiary/aromatic N) is 4. The van der Waals surface area contributed by atoms with E-state index < -0.39 is 10.3 Å². The Bertz CT molecular complexity index is 1370. The fourth-order valence-electron chi connectivity index (χ4n) is 5.95. The van der Waals surface area contributed by atoms with Crippen molar-refractivity contribution in [2.24, 2.45) is 0 Å². The van der Waals surface area contributed by atoms with Crippen molar-refractivity contribution in [2.45, 2.75) is 22.7 Å². The van der Waals surface area contributed by atoms with Gasteiger partial charge >= 0.3 is 0 Å². The molecule has 1 aromatic carbocycles. The summed E-state index contributed by atoms with van der Waals surface area (Å²) >= 11 is 13.6. The summed E-state index contributed by atoms with van der Waals surface area (Å²) in [6.07, 6.45) is 5.04. The number of halogens is 1. The molecule has 0 radical (unpaired) electrons. The standard InChI is InChI=1S/C25H21ClN4O3S2/c1-28-14-19(15-5-3-9-27-12-15)25(22(32)30(23(34)35-25)13-17-6-4-10-33-17)24(28)18-11-16(26)7-8-20(18)29(2)21(24)31/h3-12,19H,13-14H2,1-2H3/t19-,24-,25-/m0/s1. The molecule has 0 N–H and O–H groups in total. The fraction of sp³-hybridized carbons (Fsp3) is 0.280. The summed E-state index contributed by atoms with van der Waals surface area (Å²) in [4.78, 5) is 38.4. The number of hydrogen-bond acceptors (Lipinski definition) is 7. The molecule has 3 aliphatic heterocycles. The van der Waals surface area contributed by atoms with Crippen LogP contribution in [-0.4, -0.2) is 56.3 Å². The number of fused-ring (bicyclic) bond motifs is 3. The summed E-state index contributed by atoms with van der Waals surface area (Å²) in [6.45, 7) is 0.665. The number of amides is 2. The predicted molar refractivity (Wildman–Crippen MR) is 138 cm³/mol. The van der Waals surface area contributed by atoms with Crippen molar-refractivity contribution >= 4 is 57.4 Å². The first kappa shape index (κ1) is 22.7. The minimum absolute atomic E-state index is 0.174. The highest BCUT2D eigenvalue weighted by Gasteiger charge is 2.78. The van der Waals surface area contributed by atoms with Gasteiger partial charge in [0.25, 0.3) is 5.91 Å². The Morgan fingerprint density at radius 2 is 2.03 bits per heavy atom. The molecule has 0 bridgehead atoms. The van der Waals surface area contributed by atoms with E-state index in [0.29, 0.717) is 21.6 Å². The molecule has 35 heavy (non-hydrogen) atoms. The van der Waals surface area contributed by atoms with Gasteiger partial charge in [0.1, 0.15) is 14.8 Å². The second kappa shape index (κ2) is 7.89. The van der Waals surface area contributed by atoms with Gasteiger partial charge in [0.15, 0.2) is 5.54 Å². The van der Waals surface area contributed by atoms with Crippen LogP contribution in [0.3, 0.4) is 0 Å². The predicted octanol–water partition coefficient (Wildman–Crippen LogP) is 4.03. The monoisotopic (exact) mass is 524 g/mol. The Morgan fingerprint density at radius 1 is 1.20 bits per heavy atom. The number of aromatic nitrogens is 1. The van der Waals surface area contributed by atoms with Crippen molar-refractivity contribution in [3.05, 3.63) is 83.0 Å². The van der Waals surface area contributed by atoms with Crippen LogP contribution in [0.1, 0.15) is 22.8 Å². The maximum Gasteiger partial charge on any atom is 0.254 e. The molecule has 2 saturated heterocycles. The SMILES string of the molecule is CN1C(=O)[C@]2(c3cc(Cl)ccc31)N(C)C[C@@H](c1cccnc1)[C@@]21SC(=S)N(Cc2ccco2)C1=O. The van der Waals surface area contributed by atoms with Crippen LogP contribution < -0.4 is 4.90 Å². The van der Waals surface area contributed by atoms with Crippen LogP contribution in [0.25, 0.3) is 0 Å². The van der Waals surface area contributed by atoms with E-state index in [4.69, 9.17) is 28.2 Å². The van der Waals surface area contributed by atoms with Crippen molar-refractivity contribution in [1.82, 2.24) is 14.8 Å². The molecular weight excluding hydrogens is 504 g/mol. The number of carbonyl (C=O) groups excluding carboxylic acids is 2. The summed E-state index contributed by atoms with van der Waals surface area (Å²) in [5.74, 6) is -0.112. The van der Waals surface area contributed by atoms with E-state index in [1.54, 1.807) is 47.6 Å². The second-order valence-electron chi connectivity index (χ2n) is 9.03. The normalized spacial score (nSPS) is 28.2. The quantitative estimate of drug-likeness (QED) is 0.479. The molecule has 3 aromatic rings. The number of furan rings is 1. The largest absolute Gasteiger partial charge is 0.467 e. The van der Waals surface area contributed by atoms with Crippen molar-refractivity contribution in [2.75, 3.05) is 25.5 Å². The van der Waals surface area contributed by atoms with Gasteiger partial charge in [0.2, 0.25) is 5.91 Å². The van der Waals surface area contributed by atoms with E-state index in [2.05, 4.69) is 4.98 Å². The lowest BCUT2D eigenvalue weighted by Gasteiger charge is -2.42. The maximum absolute atomic E-state index is 14.6. The van der Waals surface area contributed by atoms with Gasteiger partial charge in [-0.1, -0.05) is 41.6 Å². The summed E-state index contributed by atoms with van der Waals surface area (Å²) < 4.78 is 4.69. The first-order chi connectivity index (χ1) is 16.8. The Hall–Kier alpha value is -2.72. The molecule has 3 atom stereocenters. The highest BCUT2D eigenvalue weighted by atomic mass is 35.5. The Balaban J connectivity index is 1.62. The average molecular weight is 525 g/mol. The van der Waals surface area contributed by atoms with Gasteiger partial charge in [0.05, 0.1) is 12.8 Å². The van der Waals surface area contributed by atoms with Gasteiger partial charge in [0, 0.05) is 48.2 Å². The zero-order valence-corrected chi connectivity index (χ0v) is 21.4. The van der Waals surface area contributed by atoms with Crippen LogP contribution in [0, 0.1) is 0 Å². The molecule has 3 aliphatic rings. The Labute approximate surface area is 217 Å². The highest BCUT2D eigenvalue weighted by Crippen LogP contribution is 2.66. The molecule has 10 heteroatoms. The number of thiocarbonyl (C=S) groups is 1. The molecule has 0 saturated carbocycles. The van der Waals surface area contributed by atoms with Crippen molar-refractivity contribution in [3.63, 3.8) is 0 Å². The van der Waals surface area contributed by atoms with Crippen LogP contribution in [0.5, 0.6) is 0 Å². The molecule has 2 spiro atoms. The lowest BCUT2D eigenvalue weighted by Crippen LogP contribution is -2.62. The molecule has 0 unspecified atom stereocenters. The van der Waals surface area contributed by atoms with Gasteiger partial charge in [-0.15, -0.1) is 0 Å². The van der Waals surface area contributed by atoms with Gasteiger partial charge in [-0.05, 0) is 49.0 Å². The first-order valence-corrected chi connectivity index (χ1v) is 12.7. The fourth-order valence-corrected chi connectivity index (χ4v) is 8.24. The van der Waals surface area contributed by atoms with Gasteiger partial charge in [-0.25, -0.2) is 0 Å². The molecule has 178 valence electrons. The van der Waals surface area contributed by atoms with Crippen molar-refractivity contribution < 1.29 is 14.0 Å². The number of thioether (sulfide) groups is 1. The maximum atomic E-state index is 14.6. The number of anilines is 1. The topological polar surface area (TPSA) is 69.9 Å².